The Morgan fingerprint density at radius 2 is 1.59 bits per heavy atom. The Bertz CT molecular complexity index is 754. The minimum absolute atomic E-state index is 0.154. The summed E-state index contributed by atoms with van der Waals surface area (Å²) in [5.74, 6) is 0.593. The summed E-state index contributed by atoms with van der Waals surface area (Å²) in [6.45, 7) is 6.23. The molecule has 0 bridgehead atoms. The molecule has 2 aromatic rings. The van der Waals surface area contributed by atoms with E-state index in [-0.39, 0.29) is 24.0 Å². The van der Waals surface area contributed by atoms with Crippen LogP contribution in [0.25, 0.3) is 0 Å². The van der Waals surface area contributed by atoms with Crippen LogP contribution in [0.2, 0.25) is 0 Å². The molecule has 6 nitrogen and oxygen atoms in total. The first kappa shape index (κ1) is 20.3. The van der Waals surface area contributed by atoms with Crippen LogP contribution in [0, 0.1) is 0 Å². The van der Waals surface area contributed by atoms with Crippen molar-refractivity contribution in [1.82, 2.24) is 10.6 Å². The molecule has 27 heavy (non-hydrogen) atoms. The van der Waals surface area contributed by atoms with Crippen LogP contribution in [0.4, 0.5) is 0 Å². The summed E-state index contributed by atoms with van der Waals surface area (Å²) in [6.07, 6.45) is 0. The van der Waals surface area contributed by atoms with Crippen molar-refractivity contribution < 1.29 is 19.1 Å². The van der Waals surface area contributed by atoms with Crippen molar-refractivity contribution in [3.63, 3.8) is 0 Å². The Morgan fingerprint density at radius 3 is 2.30 bits per heavy atom. The van der Waals surface area contributed by atoms with Gasteiger partial charge in [-0.3, -0.25) is 9.59 Å². The van der Waals surface area contributed by atoms with Gasteiger partial charge in [-0.05, 0) is 45.0 Å². The number of ether oxygens (including phenoxy) is 2. The molecule has 2 N–H and O–H groups in total. The molecular formula is C21H26N2O4. The largest absolute Gasteiger partial charge is 0.492 e. The Morgan fingerprint density at radius 1 is 0.926 bits per heavy atom. The second-order valence-electron chi connectivity index (χ2n) is 7.00. The number of amides is 2. The van der Waals surface area contributed by atoms with E-state index in [9.17, 15) is 9.59 Å². The summed E-state index contributed by atoms with van der Waals surface area (Å²) < 4.78 is 11.1. The van der Waals surface area contributed by atoms with Crippen molar-refractivity contribution in [3.05, 3.63) is 60.2 Å². The molecule has 6 heteroatoms. The molecule has 0 heterocycles. The zero-order chi connectivity index (χ0) is 19.7. The minimum atomic E-state index is -0.337. The third-order valence-electron chi connectivity index (χ3n) is 3.40. The molecule has 0 fully saturated rings. The summed E-state index contributed by atoms with van der Waals surface area (Å²) in [5.41, 5.74) is 0.0385. The van der Waals surface area contributed by atoms with Crippen molar-refractivity contribution in [2.45, 2.75) is 26.3 Å². The van der Waals surface area contributed by atoms with Gasteiger partial charge in [-0.15, -0.1) is 0 Å². The van der Waals surface area contributed by atoms with Gasteiger partial charge in [-0.1, -0.05) is 30.3 Å². The molecule has 0 radical (unpaired) electrons. The van der Waals surface area contributed by atoms with Gasteiger partial charge in [0.2, 0.25) is 0 Å². The number of para-hydroxylation sites is 2. The lowest BCUT2D eigenvalue weighted by molar-refractivity contribution is -0.124. The highest BCUT2D eigenvalue weighted by Crippen LogP contribution is 2.17. The summed E-state index contributed by atoms with van der Waals surface area (Å²) in [5, 5.41) is 5.61. The van der Waals surface area contributed by atoms with E-state index in [1.807, 2.05) is 51.1 Å². The number of rotatable bonds is 8. The standard InChI is InChI=1S/C21H26N2O4/c1-21(2,3)23-19(24)15-27-18-12-8-7-11-17(18)20(25)22-13-14-26-16-9-5-4-6-10-16/h4-12H,13-15H2,1-3H3,(H,22,25)(H,23,24). The van der Waals surface area contributed by atoms with E-state index in [1.165, 1.54) is 0 Å². The number of nitrogens with one attached hydrogen (secondary N) is 2. The van der Waals surface area contributed by atoms with Crippen molar-refractivity contribution in [2.75, 3.05) is 19.8 Å². The minimum Gasteiger partial charge on any atom is -0.492 e. The van der Waals surface area contributed by atoms with Crippen molar-refractivity contribution >= 4 is 11.8 Å². The quantitative estimate of drug-likeness (QED) is 0.701. The molecule has 0 atom stereocenters. The van der Waals surface area contributed by atoms with E-state index in [2.05, 4.69) is 10.6 Å². The average Bonchev–Trinajstić information content (AvgIpc) is 2.63. The molecule has 0 aliphatic rings. The van der Waals surface area contributed by atoms with Crippen LogP contribution < -0.4 is 20.1 Å². The number of benzene rings is 2. The van der Waals surface area contributed by atoms with Gasteiger partial charge in [-0.2, -0.15) is 0 Å². The van der Waals surface area contributed by atoms with Crippen molar-refractivity contribution in [3.8, 4) is 11.5 Å². The topological polar surface area (TPSA) is 76.7 Å². The molecule has 0 spiro atoms. The summed E-state index contributed by atoms with van der Waals surface area (Å²) in [7, 11) is 0. The lowest BCUT2D eigenvalue weighted by Crippen LogP contribution is -2.43. The molecule has 2 rings (SSSR count). The number of carbonyl (C=O) groups excluding carboxylic acids is 2. The van der Waals surface area contributed by atoms with E-state index in [4.69, 9.17) is 9.47 Å². The lowest BCUT2D eigenvalue weighted by atomic mass is 10.1. The van der Waals surface area contributed by atoms with E-state index < -0.39 is 0 Å². The van der Waals surface area contributed by atoms with E-state index >= 15 is 0 Å². The van der Waals surface area contributed by atoms with Crippen LogP contribution >= 0.6 is 0 Å². The maximum atomic E-state index is 12.4. The van der Waals surface area contributed by atoms with Crippen LogP contribution in [-0.4, -0.2) is 37.1 Å². The molecule has 0 unspecified atom stereocenters. The zero-order valence-corrected chi connectivity index (χ0v) is 16.0. The van der Waals surface area contributed by atoms with Gasteiger partial charge in [0.25, 0.3) is 11.8 Å². The molecule has 0 aliphatic heterocycles. The first-order chi connectivity index (χ1) is 12.8. The smallest absolute Gasteiger partial charge is 0.258 e. The monoisotopic (exact) mass is 370 g/mol. The number of hydrogen-bond acceptors (Lipinski definition) is 4. The van der Waals surface area contributed by atoms with Gasteiger partial charge in [0, 0.05) is 5.54 Å². The van der Waals surface area contributed by atoms with Crippen molar-refractivity contribution in [2.24, 2.45) is 0 Å². The number of carbonyl (C=O) groups is 2. The van der Waals surface area contributed by atoms with Gasteiger partial charge < -0.3 is 20.1 Å². The maximum Gasteiger partial charge on any atom is 0.258 e. The SMILES string of the molecule is CC(C)(C)NC(=O)COc1ccccc1C(=O)NCCOc1ccccc1. The highest BCUT2D eigenvalue weighted by Gasteiger charge is 2.16. The van der Waals surface area contributed by atoms with Crippen molar-refractivity contribution in [1.29, 1.82) is 0 Å². The summed E-state index contributed by atoms with van der Waals surface area (Å²) in [6, 6.07) is 16.2. The Balaban J connectivity index is 1.84. The molecule has 0 aliphatic carbocycles. The summed E-state index contributed by atoms with van der Waals surface area (Å²) >= 11 is 0. The van der Waals surface area contributed by atoms with Gasteiger partial charge in [-0.25, -0.2) is 0 Å². The first-order valence-electron chi connectivity index (χ1n) is 8.84. The van der Waals surface area contributed by atoms with E-state index in [0.717, 1.165) is 5.75 Å². The molecular weight excluding hydrogens is 344 g/mol. The predicted molar refractivity (Wildman–Crippen MR) is 104 cm³/mol. The lowest BCUT2D eigenvalue weighted by Gasteiger charge is -2.20. The fourth-order valence-corrected chi connectivity index (χ4v) is 2.32. The number of hydrogen-bond donors (Lipinski definition) is 2. The molecule has 0 saturated carbocycles. The van der Waals surface area contributed by atoms with E-state index in [1.54, 1.807) is 24.3 Å². The fourth-order valence-electron chi connectivity index (χ4n) is 2.32. The third kappa shape index (κ3) is 7.40. The average molecular weight is 370 g/mol. The third-order valence-corrected chi connectivity index (χ3v) is 3.40. The van der Waals surface area contributed by atoms with Crippen LogP contribution in [0.3, 0.4) is 0 Å². The van der Waals surface area contributed by atoms with Gasteiger partial charge in [0.05, 0.1) is 12.1 Å². The Kier molecular flexibility index (Phi) is 7.23. The van der Waals surface area contributed by atoms with E-state index in [0.29, 0.717) is 24.5 Å². The van der Waals surface area contributed by atoms with Crippen LogP contribution in [-0.2, 0) is 4.79 Å². The second kappa shape index (κ2) is 9.62. The molecule has 0 aromatic heterocycles. The molecule has 2 aromatic carbocycles. The van der Waals surface area contributed by atoms with Crippen LogP contribution in [0.5, 0.6) is 11.5 Å². The fraction of sp³-hybridized carbons (Fsp3) is 0.333. The highest BCUT2D eigenvalue weighted by molar-refractivity contribution is 5.97. The Labute approximate surface area is 159 Å². The predicted octanol–water partition coefficient (Wildman–Crippen LogP) is 2.79. The van der Waals surface area contributed by atoms with Gasteiger partial charge in [0.1, 0.15) is 18.1 Å². The highest BCUT2D eigenvalue weighted by atomic mass is 16.5. The summed E-state index contributed by atoms with van der Waals surface area (Å²) in [4.78, 5) is 24.3. The maximum absolute atomic E-state index is 12.4. The molecule has 0 saturated heterocycles. The first-order valence-corrected chi connectivity index (χ1v) is 8.84. The van der Waals surface area contributed by atoms with Gasteiger partial charge in [0.15, 0.2) is 6.61 Å². The second-order valence-corrected chi connectivity index (χ2v) is 7.00. The van der Waals surface area contributed by atoms with Crippen LogP contribution in [0.15, 0.2) is 54.6 Å². The molecule has 2 amide bonds. The Hall–Kier alpha value is -3.02. The zero-order valence-electron chi connectivity index (χ0n) is 16.0. The van der Waals surface area contributed by atoms with Crippen LogP contribution in [0.1, 0.15) is 31.1 Å². The molecule has 144 valence electrons. The van der Waals surface area contributed by atoms with Gasteiger partial charge >= 0.3 is 0 Å². The normalized spacial score (nSPS) is 10.8.